The molecule has 4 aromatic rings. The summed E-state index contributed by atoms with van der Waals surface area (Å²) in [4.78, 5) is 38.2. The monoisotopic (exact) mass is 677 g/mol. The van der Waals surface area contributed by atoms with Gasteiger partial charge in [0.05, 0.1) is 11.1 Å². The maximum atomic E-state index is 13.0. The van der Waals surface area contributed by atoms with E-state index in [1.165, 1.54) is 0 Å². The fraction of sp³-hybridized carbons (Fsp3) is 0.324. The molecule has 0 unspecified atom stereocenters. The Hall–Kier alpha value is -5.60. The lowest BCUT2D eigenvalue weighted by atomic mass is 9.87. The number of rotatable bonds is 2. The Balaban J connectivity index is 1.42. The van der Waals surface area contributed by atoms with E-state index in [4.69, 9.17) is 4.74 Å². The van der Waals surface area contributed by atoms with Crippen LogP contribution in [0.25, 0.3) is 0 Å². The molecule has 0 spiro atoms. The highest BCUT2D eigenvalue weighted by atomic mass is 19.4. The minimum Gasteiger partial charge on any atom is -0.454 e. The zero-order valence-electron chi connectivity index (χ0n) is 27.5. The maximum Gasteiger partial charge on any atom is 0.422 e. The van der Waals surface area contributed by atoms with Crippen LogP contribution in [0.5, 0.6) is 6.01 Å². The number of aromatic nitrogens is 3. The molecule has 1 aromatic heterocycles. The highest BCUT2D eigenvalue weighted by molar-refractivity contribution is 5.76. The molecule has 4 amide bonds. The Kier molecular flexibility index (Phi) is 10.1. The minimum atomic E-state index is -4.59. The van der Waals surface area contributed by atoms with Crippen LogP contribution < -0.4 is 36.6 Å². The smallest absolute Gasteiger partial charge is 0.422 e. The van der Waals surface area contributed by atoms with E-state index >= 15 is 0 Å². The lowest BCUT2D eigenvalue weighted by Crippen LogP contribution is -2.47. The SMILES string of the molecule is CC1(C)NC(=O)NCc2ccc(cc2)Nc2nc(nc(OCC(F)(F)F)n2)NCc2cccc(c2)CNC(=O)NC(C)(C)c2cccc1c2. The van der Waals surface area contributed by atoms with Crippen molar-refractivity contribution in [3.63, 3.8) is 0 Å². The van der Waals surface area contributed by atoms with Crippen LogP contribution in [0.15, 0.2) is 72.8 Å². The zero-order valence-corrected chi connectivity index (χ0v) is 27.5. The first-order valence-electron chi connectivity index (χ1n) is 15.5. The van der Waals surface area contributed by atoms with Gasteiger partial charge in [-0.1, -0.05) is 60.7 Å². The molecular weight excluding hydrogens is 639 g/mol. The normalized spacial score (nSPS) is 16.5. The van der Waals surface area contributed by atoms with Crippen molar-refractivity contribution in [2.75, 3.05) is 17.2 Å². The molecule has 15 heteroatoms. The molecule has 2 aliphatic heterocycles. The molecule has 2 aliphatic rings. The predicted octanol–water partition coefficient (Wildman–Crippen LogP) is 5.95. The number of nitrogens with one attached hydrogen (secondary N) is 6. The fourth-order valence-corrected chi connectivity index (χ4v) is 5.03. The van der Waals surface area contributed by atoms with Crippen LogP contribution in [-0.2, 0) is 30.7 Å². The second kappa shape index (κ2) is 14.3. The van der Waals surface area contributed by atoms with Gasteiger partial charge in [-0.25, -0.2) is 9.59 Å². The molecule has 3 aromatic carbocycles. The lowest BCUT2D eigenvalue weighted by Gasteiger charge is -2.31. The highest BCUT2D eigenvalue weighted by Gasteiger charge is 2.30. The van der Waals surface area contributed by atoms with E-state index in [-0.39, 0.29) is 43.6 Å². The van der Waals surface area contributed by atoms with E-state index in [2.05, 4.69) is 46.9 Å². The number of hydrogen-bond acceptors (Lipinski definition) is 8. The highest BCUT2D eigenvalue weighted by Crippen LogP contribution is 2.27. The summed E-state index contributed by atoms with van der Waals surface area (Å²) < 4.78 is 43.5. The summed E-state index contributed by atoms with van der Waals surface area (Å²) in [7, 11) is 0. The molecule has 12 nitrogen and oxygen atoms in total. The van der Waals surface area contributed by atoms with E-state index in [9.17, 15) is 22.8 Å². The Morgan fingerprint density at radius 2 is 1.20 bits per heavy atom. The van der Waals surface area contributed by atoms with Gasteiger partial charge in [-0.15, -0.1) is 0 Å². The van der Waals surface area contributed by atoms with E-state index < -0.39 is 29.9 Å². The minimum absolute atomic E-state index is 0.0138. The molecule has 8 bridgehead atoms. The predicted molar refractivity (Wildman–Crippen MR) is 178 cm³/mol. The number of hydrogen-bond donors (Lipinski definition) is 6. The van der Waals surface area contributed by atoms with Gasteiger partial charge in [-0.3, -0.25) is 0 Å². The quantitative estimate of drug-likeness (QED) is 0.152. The Morgan fingerprint density at radius 3 is 1.80 bits per heavy atom. The molecule has 0 aliphatic carbocycles. The molecule has 258 valence electrons. The second-order valence-corrected chi connectivity index (χ2v) is 12.6. The molecule has 6 N–H and O–H groups in total. The van der Waals surface area contributed by atoms with Crippen molar-refractivity contribution in [3.05, 3.63) is 101 Å². The summed E-state index contributed by atoms with van der Waals surface area (Å²) >= 11 is 0. The summed E-state index contributed by atoms with van der Waals surface area (Å²) in [6, 6.07) is 20.8. The van der Waals surface area contributed by atoms with E-state index in [0.717, 1.165) is 27.8 Å². The Morgan fingerprint density at radius 1 is 0.673 bits per heavy atom. The molecule has 0 atom stereocenters. The van der Waals surface area contributed by atoms with Gasteiger partial charge in [-0.05, 0) is 67.6 Å². The van der Waals surface area contributed by atoms with Gasteiger partial charge in [0.1, 0.15) is 0 Å². The maximum absolute atomic E-state index is 13.0. The van der Waals surface area contributed by atoms with Crippen molar-refractivity contribution >= 4 is 29.6 Å². The zero-order chi connectivity index (χ0) is 35.2. The van der Waals surface area contributed by atoms with Crippen LogP contribution >= 0.6 is 0 Å². The van der Waals surface area contributed by atoms with Crippen molar-refractivity contribution < 1.29 is 27.5 Å². The number of benzene rings is 3. The number of nitrogens with zero attached hydrogens (tertiary/aromatic N) is 3. The van der Waals surface area contributed by atoms with Gasteiger partial charge in [0.25, 0.3) is 0 Å². The largest absolute Gasteiger partial charge is 0.454 e. The molecule has 0 fully saturated rings. The number of carbonyl (C=O) groups is 2. The van der Waals surface area contributed by atoms with Crippen LogP contribution in [-0.4, -0.2) is 39.8 Å². The third-order valence-electron chi connectivity index (χ3n) is 7.70. The average molecular weight is 678 g/mol. The van der Waals surface area contributed by atoms with E-state index in [0.29, 0.717) is 5.69 Å². The third-order valence-corrected chi connectivity index (χ3v) is 7.70. The van der Waals surface area contributed by atoms with Gasteiger partial charge < -0.3 is 36.6 Å². The lowest BCUT2D eigenvalue weighted by molar-refractivity contribution is -0.154. The number of fused-ring (bicyclic) bond motifs is 11. The van der Waals surface area contributed by atoms with Gasteiger partial charge in [0, 0.05) is 25.3 Å². The molecule has 3 heterocycles. The number of ether oxygens (including phenoxy) is 1. The second-order valence-electron chi connectivity index (χ2n) is 12.6. The fourth-order valence-electron chi connectivity index (χ4n) is 5.03. The van der Waals surface area contributed by atoms with Crippen LogP contribution in [0.4, 0.5) is 40.3 Å². The summed E-state index contributed by atoms with van der Waals surface area (Å²) in [6.07, 6.45) is -4.59. The van der Waals surface area contributed by atoms with Crippen molar-refractivity contribution in [3.8, 4) is 6.01 Å². The first kappa shape index (κ1) is 34.7. The number of alkyl halides is 3. The molecule has 0 saturated carbocycles. The van der Waals surface area contributed by atoms with Crippen LogP contribution in [0.3, 0.4) is 0 Å². The van der Waals surface area contributed by atoms with Gasteiger partial charge in [0.15, 0.2) is 6.61 Å². The first-order chi connectivity index (χ1) is 23.1. The van der Waals surface area contributed by atoms with Crippen LogP contribution in [0.2, 0.25) is 0 Å². The van der Waals surface area contributed by atoms with Gasteiger partial charge in [0.2, 0.25) is 11.9 Å². The molecule has 6 rings (SSSR count). The molecule has 0 radical (unpaired) electrons. The van der Waals surface area contributed by atoms with Crippen molar-refractivity contribution in [2.24, 2.45) is 0 Å². The average Bonchev–Trinajstić information content (AvgIpc) is 3.04. The summed E-state index contributed by atoms with van der Waals surface area (Å²) in [5.74, 6) is -0.0559. The summed E-state index contributed by atoms with van der Waals surface area (Å²) in [5.41, 5.74) is 3.18. The third kappa shape index (κ3) is 9.95. The Bertz CT molecular complexity index is 1800. The van der Waals surface area contributed by atoms with Crippen molar-refractivity contribution in [2.45, 2.75) is 64.6 Å². The number of amides is 4. The molecular formula is C34H38F3N9O3. The topological polar surface area (TPSA) is 154 Å². The Labute approximate surface area is 281 Å². The molecule has 0 saturated heterocycles. The van der Waals surface area contributed by atoms with Gasteiger partial charge >= 0.3 is 24.2 Å². The van der Waals surface area contributed by atoms with Crippen LogP contribution in [0.1, 0.15) is 55.5 Å². The standard InChI is InChI=1S/C34H38F3N9O3/c1-32(2)24-9-6-10-25(16-24)33(3,4)46-30(48)40-19-23-8-5-7-22(15-23)18-38-27-42-28(44-31(43-27)49-20-34(35,36)37)41-26-13-11-21(12-14-26)17-39-29(47)45-32/h5-16H,17-20H2,1-4H3,(H2,39,45,47)(H2,40,46,48)(H2,38,41,42,43,44). The van der Waals surface area contributed by atoms with Crippen molar-refractivity contribution in [1.82, 2.24) is 36.2 Å². The molecule has 49 heavy (non-hydrogen) atoms. The van der Waals surface area contributed by atoms with Crippen molar-refractivity contribution in [1.29, 1.82) is 0 Å². The van der Waals surface area contributed by atoms with E-state index in [1.54, 1.807) is 24.3 Å². The first-order valence-corrected chi connectivity index (χ1v) is 15.5. The summed E-state index contributed by atoms with van der Waals surface area (Å²) in [5, 5.41) is 17.8. The van der Waals surface area contributed by atoms with Crippen LogP contribution in [0, 0.1) is 0 Å². The number of halogens is 3. The number of anilines is 3. The summed E-state index contributed by atoms with van der Waals surface area (Å²) in [6.45, 7) is 6.68. The van der Waals surface area contributed by atoms with E-state index in [1.807, 2.05) is 76.2 Å². The van der Waals surface area contributed by atoms with Gasteiger partial charge in [-0.2, -0.15) is 28.1 Å². The number of carbonyl (C=O) groups excluding carboxylic acids is 2. The number of urea groups is 2.